The summed E-state index contributed by atoms with van der Waals surface area (Å²) in [4.78, 5) is 0. The molecule has 0 N–H and O–H groups in total. The van der Waals surface area contributed by atoms with Gasteiger partial charge in [-0.25, -0.2) is 0 Å². The third-order valence-electron chi connectivity index (χ3n) is 10.1. The summed E-state index contributed by atoms with van der Waals surface area (Å²) in [5.74, 6) is -1.44. The largest absolute Gasteiger partial charge is 0.382 e. The van der Waals surface area contributed by atoms with E-state index >= 15 is 0 Å². The van der Waals surface area contributed by atoms with Gasteiger partial charge in [-0.15, -0.1) is 0 Å². The van der Waals surface area contributed by atoms with Crippen molar-refractivity contribution in [2.75, 3.05) is 0 Å². The van der Waals surface area contributed by atoms with Crippen molar-refractivity contribution in [1.82, 2.24) is 0 Å². The van der Waals surface area contributed by atoms with E-state index in [4.69, 9.17) is 28.1 Å². The van der Waals surface area contributed by atoms with E-state index in [9.17, 15) is 0 Å². The Hall–Kier alpha value is -2.62. The second-order valence-corrected chi connectivity index (χ2v) is 18.4. The minimum atomic E-state index is -2.76. The smallest absolute Gasteiger partial charge is 0.264 e. The van der Waals surface area contributed by atoms with Crippen LogP contribution in [0.3, 0.4) is 0 Å². The van der Waals surface area contributed by atoms with Crippen molar-refractivity contribution in [3.8, 4) is 0 Å². The zero-order valence-corrected chi connectivity index (χ0v) is 27.9. The van der Waals surface area contributed by atoms with Gasteiger partial charge in [0, 0.05) is 31.6 Å². The molecular formula is C38H46O6Si. The molecule has 0 aromatic heterocycles. The number of ether oxygens (including phenoxy) is 5. The molecule has 238 valence electrons. The van der Waals surface area contributed by atoms with Crippen molar-refractivity contribution >= 4 is 18.7 Å². The van der Waals surface area contributed by atoms with Gasteiger partial charge in [-0.1, -0.05) is 125 Å². The molecule has 0 unspecified atom stereocenters. The van der Waals surface area contributed by atoms with Crippen molar-refractivity contribution in [3.05, 3.63) is 109 Å². The summed E-state index contributed by atoms with van der Waals surface area (Å²) >= 11 is 0. The molecule has 4 heterocycles. The lowest BCUT2D eigenvalue weighted by Crippen LogP contribution is -2.67. The van der Waals surface area contributed by atoms with Crippen LogP contribution >= 0.6 is 0 Å². The zero-order valence-electron chi connectivity index (χ0n) is 26.9. The Morgan fingerprint density at radius 1 is 0.778 bits per heavy atom. The van der Waals surface area contributed by atoms with Crippen LogP contribution in [0.25, 0.3) is 0 Å². The molecule has 3 saturated heterocycles. The highest BCUT2D eigenvalue weighted by atomic mass is 28.4. The second kappa shape index (κ2) is 12.2. The van der Waals surface area contributed by atoms with Crippen LogP contribution in [0.1, 0.15) is 65.4 Å². The minimum absolute atomic E-state index is 0.0428. The lowest BCUT2D eigenvalue weighted by atomic mass is 9.86. The van der Waals surface area contributed by atoms with Crippen molar-refractivity contribution < 1.29 is 28.1 Å². The average molecular weight is 627 g/mol. The highest BCUT2D eigenvalue weighted by molar-refractivity contribution is 6.99. The van der Waals surface area contributed by atoms with Gasteiger partial charge in [0.25, 0.3) is 8.32 Å². The number of fused-ring (bicyclic) bond motifs is 1. The molecule has 7 atom stereocenters. The molecule has 4 aliphatic rings. The van der Waals surface area contributed by atoms with Gasteiger partial charge in [0.05, 0.1) is 18.8 Å². The lowest BCUT2D eigenvalue weighted by molar-refractivity contribution is -0.373. The standard InChI is InChI=1S/C38H46O6Si/c1-28-25-32-33(41-38(28)24-23-37(44-38)22-14-21-34(42-37)39-27-29-15-8-5-9-16-29)26-35(40-32)43-45(36(2,3)4,30-17-10-6-11-18-30)31-19-12-7-13-20-31/h5-20,22,28,32-35H,21,23-27H2,1-4H3/t28-,32-,33-,34-,35-,37+,38+/m1/s1. The van der Waals surface area contributed by atoms with E-state index in [0.29, 0.717) is 19.4 Å². The van der Waals surface area contributed by atoms with E-state index in [1.807, 2.05) is 18.2 Å². The summed E-state index contributed by atoms with van der Waals surface area (Å²) in [5.41, 5.74) is 1.12. The molecule has 3 fully saturated rings. The molecular weight excluding hydrogens is 580 g/mol. The topological polar surface area (TPSA) is 55.4 Å². The van der Waals surface area contributed by atoms with Crippen LogP contribution in [0.2, 0.25) is 5.04 Å². The molecule has 0 saturated carbocycles. The minimum Gasteiger partial charge on any atom is -0.382 e. The molecule has 3 aromatic rings. The lowest BCUT2D eigenvalue weighted by Gasteiger charge is -2.45. The summed E-state index contributed by atoms with van der Waals surface area (Å²) < 4.78 is 40.5. The van der Waals surface area contributed by atoms with E-state index in [1.165, 1.54) is 10.4 Å². The van der Waals surface area contributed by atoms with Crippen LogP contribution < -0.4 is 10.4 Å². The summed E-state index contributed by atoms with van der Waals surface area (Å²) in [5, 5.41) is 2.37. The van der Waals surface area contributed by atoms with Gasteiger partial charge in [0.1, 0.15) is 0 Å². The van der Waals surface area contributed by atoms with E-state index < -0.39 is 19.9 Å². The molecule has 0 bridgehead atoms. The predicted octanol–water partition coefficient (Wildman–Crippen LogP) is 6.83. The molecule has 45 heavy (non-hydrogen) atoms. The Morgan fingerprint density at radius 3 is 2.07 bits per heavy atom. The SMILES string of the molecule is C[C@@H]1C[C@H]2O[C@H](O[Si](c3ccccc3)(c3ccccc3)C(C)(C)C)C[C@H]2O[C@]12CC[C@]1(C=CC[C@H](OCc3ccccc3)O1)O2. The third kappa shape index (κ3) is 5.89. The Kier molecular flexibility index (Phi) is 8.40. The fourth-order valence-corrected chi connectivity index (χ4v) is 12.3. The van der Waals surface area contributed by atoms with Crippen LogP contribution in [0, 0.1) is 5.92 Å². The Bertz CT molecular complexity index is 1420. The van der Waals surface area contributed by atoms with Crippen molar-refractivity contribution in [1.29, 1.82) is 0 Å². The molecule has 3 aromatic carbocycles. The zero-order chi connectivity index (χ0) is 31.1. The van der Waals surface area contributed by atoms with Crippen molar-refractivity contribution in [2.45, 2.75) is 108 Å². The maximum absolute atomic E-state index is 7.34. The van der Waals surface area contributed by atoms with Crippen molar-refractivity contribution in [3.63, 3.8) is 0 Å². The van der Waals surface area contributed by atoms with Gasteiger partial charge < -0.3 is 28.1 Å². The average Bonchev–Trinajstić information content (AvgIpc) is 3.60. The summed E-state index contributed by atoms with van der Waals surface area (Å²) in [6.45, 7) is 9.62. The first-order valence-electron chi connectivity index (χ1n) is 16.5. The summed E-state index contributed by atoms with van der Waals surface area (Å²) in [6.07, 6.45) is 6.98. The first-order valence-corrected chi connectivity index (χ1v) is 18.4. The molecule has 0 radical (unpaired) electrons. The van der Waals surface area contributed by atoms with Gasteiger partial charge in [-0.3, -0.25) is 0 Å². The number of hydrogen-bond donors (Lipinski definition) is 0. The van der Waals surface area contributed by atoms with Gasteiger partial charge in [0.15, 0.2) is 24.2 Å². The maximum atomic E-state index is 7.34. The monoisotopic (exact) mass is 626 g/mol. The first kappa shape index (κ1) is 31.0. The van der Waals surface area contributed by atoms with E-state index in [-0.39, 0.29) is 35.7 Å². The number of benzene rings is 3. The van der Waals surface area contributed by atoms with Crippen LogP contribution in [-0.4, -0.2) is 44.7 Å². The third-order valence-corrected chi connectivity index (χ3v) is 15.1. The first-order chi connectivity index (χ1) is 21.7. The van der Waals surface area contributed by atoms with Gasteiger partial charge in [0.2, 0.25) is 0 Å². The normalized spacial score (nSPS) is 33.1. The quantitative estimate of drug-likeness (QED) is 0.212. The van der Waals surface area contributed by atoms with Crippen molar-refractivity contribution in [2.24, 2.45) is 5.92 Å². The Balaban J connectivity index is 1.07. The molecule has 7 rings (SSSR count). The maximum Gasteiger partial charge on any atom is 0.264 e. The summed E-state index contributed by atoms with van der Waals surface area (Å²) in [6, 6.07) is 31.7. The van der Waals surface area contributed by atoms with Gasteiger partial charge in [-0.05, 0) is 33.5 Å². The van der Waals surface area contributed by atoms with E-state index in [1.54, 1.807) is 0 Å². The van der Waals surface area contributed by atoms with Crippen LogP contribution in [0.5, 0.6) is 0 Å². The van der Waals surface area contributed by atoms with Gasteiger partial charge in [-0.2, -0.15) is 0 Å². The van der Waals surface area contributed by atoms with Crippen LogP contribution in [-0.2, 0) is 34.7 Å². The molecule has 0 aliphatic carbocycles. The molecule has 6 nitrogen and oxygen atoms in total. The summed E-state index contributed by atoms with van der Waals surface area (Å²) in [7, 11) is -2.76. The highest BCUT2D eigenvalue weighted by Gasteiger charge is 2.61. The Labute approximate surface area is 268 Å². The highest BCUT2D eigenvalue weighted by Crippen LogP contribution is 2.53. The van der Waals surface area contributed by atoms with Gasteiger partial charge >= 0.3 is 0 Å². The van der Waals surface area contributed by atoms with Crippen LogP contribution in [0.4, 0.5) is 0 Å². The van der Waals surface area contributed by atoms with Crippen LogP contribution in [0.15, 0.2) is 103 Å². The number of rotatable bonds is 7. The fraction of sp³-hybridized carbons (Fsp3) is 0.474. The van der Waals surface area contributed by atoms with E-state index in [2.05, 4.69) is 113 Å². The second-order valence-electron chi connectivity index (χ2n) is 14.1. The number of hydrogen-bond acceptors (Lipinski definition) is 6. The predicted molar refractivity (Wildman–Crippen MR) is 176 cm³/mol. The molecule has 0 amide bonds. The van der Waals surface area contributed by atoms with E-state index in [0.717, 1.165) is 24.8 Å². The molecule has 4 aliphatic heterocycles. The molecule has 7 heteroatoms. The Morgan fingerprint density at radius 2 is 1.42 bits per heavy atom. The molecule has 2 spiro atoms. The fourth-order valence-electron chi connectivity index (χ4n) is 7.78.